The Morgan fingerprint density at radius 3 is 2.40 bits per heavy atom. The number of allylic oxidation sites excluding steroid dienone is 1. The van der Waals surface area contributed by atoms with E-state index in [9.17, 15) is 14.4 Å². The maximum Gasteiger partial charge on any atom is 0.329 e. The first-order valence-corrected chi connectivity index (χ1v) is 12.4. The van der Waals surface area contributed by atoms with Crippen LogP contribution in [0.1, 0.15) is 50.5 Å². The lowest BCUT2D eigenvalue weighted by Crippen LogP contribution is -2.37. The van der Waals surface area contributed by atoms with Crippen molar-refractivity contribution < 1.29 is 4.79 Å². The van der Waals surface area contributed by atoms with Gasteiger partial charge in [-0.15, -0.1) is 16.8 Å². The van der Waals surface area contributed by atoms with Gasteiger partial charge in [0.1, 0.15) is 11.4 Å². The minimum atomic E-state index is -0.787. The molecule has 0 spiro atoms. The molecule has 0 saturated carbocycles. The van der Waals surface area contributed by atoms with Gasteiger partial charge >= 0.3 is 5.69 Å². The molecule has 0 saturated heterocycles. The van der Waals surface area contributed by atoms with Crippen LogP contribution >= 0.6 is 11.8 Å². The Morgan fingerprint density at radius 1 is 1.17 bits per heavy atom. The van der Waals surface area contributed by atoms with Crippen molar-refractivity contribution in [2.24, 2.45) is 5.92 Å². The van der Waals surface area contributed by atoms with Gasteiger partial charge in [-0.2, -0.15) is 0 Å². The van der Waals surface area contributed by atoms with Gasteiger partial charge in [0.15, 0.2) is 16.8 Å². The van der Waals surface area contributed by atoms with Crippen LogP contribution in [-0.4, -0.2) is 35.9 Å². The van der Waals surface area contributed by atoms with Crippen LogP contribution in [0.5, 0.6) is 0 Å². The highest BCUT2D eigenvalue weighted by atomic mass is 32.2. The van der Waals surface area contributed by atoms with Crippen LogP contribution in [0, 0.1) is 5.92 Å². The van der Waals surface area contributed by atoms with Gasteiger partial charge < -0.3 is 5.73 Å². The van der Waals surface area contributed by atoms with Crippen LogP contribution in [0.3, 0.4) is 0 Å². The van der Waals surface area contributed by atoms with Crippen LogP contribution in [0.15, 0.2) is 51.7 Å². The number of Topliss-reactive ketones (excluding diaryl/α,β-unsaturated/α-hetero) is 1. The number of rotatable bonds is 9. The number of H-pyrrole nitrogens is 1. The molecule has 0 aliphatic rings. The number of nitrogens with one attached hydrogen (secondary N) is 1. The molecule has 3 N–H and O–H groups in total. The molecule has 9 nitrogen and oxygen atoms in total. The Morgan fingerprint density at radius 2 is 1.83 bits per heavy atom. The van der Waals surface area contributed by atoms with Crippen molar-refractivity contribution in [3.63, 3.8) is 0 Å². The zero-order valence-corrected chi connectivity index (χ0v) is 21.6. The van der Waals surface area contributed by atoms with E-state index in [4.69, 9.17) is 5.73 Å². The number of aromatic nitrogens is 5. The van der Waals surface area contributed by atoms with Crippen LogP contribution in [-0.2, 0) is 18.5 Å². The highest BCUT2D eigenvalue weighted by molar-refractivity contribution is 7.99. The van der Waals surface area contributed by atoms with E-state index in [0.29, 0.717) is 24.1 Å². The normalized spacial score (nSPS) is 11.7. The Balaban J connectivity index is 1.88. The van der Waals surface area contributed by atoms with E-state index in [2.05, 4.69) is 54.7 Å². The second-order valence-electron chi connectivity index (χ2n) is 9.77. The van der Waals surface area contributed by atoms with Crippen molar-refractivity contribution in [1.82, 2.24) is 24.3 Å². The SMILES string of the molecule is C=CCn1c(SCC(=O)c2c(N)n(CC(C)C)c(=O)[nH]c2=O)nnc1-c1ccc(C(C)(C)C)cc1. The highest BCUT2D eigenvalue weighted by Crippen LogP contribution is 2.28. The van der Waals surface area contributed by atoms with Crippen molar-refractivity contribution in [1.29, 1.82) is 0 Å². The number of anilines is 1. The van der Waals surface area contributed by atoms with Crippen molar-refractivity contribution in [2.45, 2.75) is 58.3 Å². The number of ketones is 1. The first kappa shape index (κ1) is 26.2. The zero-order valence-electron chi connectivity index (χ0n) is 20.8. The molecule has 10 heteroatoms. The first-order valence-electron chi connectivity index (χ1n) is 11.4. The molecule has 0 radical (unpaired) electrons. The minimum absolute atomic E-state index is 0.0337. The van der Waals surface area contributed by atoms with Crippen molar-refractivity contribution in [3.05, 3.63) is 68.9 Å². The molecule has 0 aliphatic heterocycles. The molecular weight excluding hydrogens is 464 g/mol. The van der Waals surface area contributed by atoms with Gasteiger partial charge in [0.25, 0.3) is 5.56 Å². The number of hydrogen-bond donors (Lipinski definition) is 2. The summed E-state index contributed by atoms with van der Waals surface area (Å²) < 4.78 is 3.09. The Labute approximate surface area is 208 Å². The van der Waals surface area contributed by atoms with E-state index in [0.717, 1.165) is 17.3 Å². The molecule has 0 bridgehead atoms. The molecule has 2 aromatic heterocycles. The number of nitrogens with zero attached hydrogens (tertiary/aromatic N) is 4. The highest BCUT2D eigenvalue weighted by Gasteiger charge is 2.22. The Bertz CT molecular complexity index is 1340. The summed E-state index contributed by atoms with van der Waals surface area (Å²) in [6.07, 6.45) is 1.73. The maximum absolute atomic E-state index is 13.0. The number of carbonyl (C=O) groups excluding carboxylic acids is 1. The number of thioether (sulfide) groups is 1. The van der Waals surface area contributed by atoms with E-state index < -0.39 is 17.0 Å². The molecule has 2 heterocycles. The number of hydrogen-bond acceptors (Lipinski definition) is 7. The summed E-state index contributed by atoms with van der Waals surface area (Å²) in [5.74, 6) is 0.0567. The third-order valence-corrected chi connectivity index (χ3v) is 6.40. The van der Waals surface area contributed by atoms with E-state index >= 15 is 0 Å². The second-order valence-corrected chi connectivity index (χ2v) is 10.7. The maximum atomic E-state index is 13.0. The van der Waals surface area contributed by atoms with Crippen molar-refractivity contribution in [3.8, 4) is 11.4 Å². The van der Waals surface area contributed by atoms with E-state index in [1.165, 1.54) is 10.1 Å². The lowest BCUT2D eigenvalue weighted by Gasteiger charge is -2.19. The second kappa shape index (κ2) is 10.5. The fourth-order valence-corrected chi connectivity index (χ4v) is 4.45. The molecule has 0 atom stereocenters. The molecule has 0 unspecified atom stereocenters. The number of carbonyl (C=O) groups is 1. The van der Waals surface area contributed by atoms with Gasteiger partial charge in [0, 0.05) is 18.7 Å². The third-order valence-electron chi connectivity index (χ3n) is 5.44. The topological polar surface area (TPSA) is 129 Å². The summed E-state index contributed by atoms with van der Waals surface area (Å²) in [5.41, 5.74) is 6.57. The third kappa shape index (κ3) is 5.82. The van der Waals surface area contributed by atoms with Gasteiger partial charge in [-0.25, -0.2) is 4.79 Å². The van der Waals surface area contributed by atoms with E-state index in [1.807, 2.05) is 30.5 Å². The summed E-state index contributed by atoms with van der Waals surface area (Å²) >= 11 is 1.15. The fraction of sp³-hybridized carbons (Fsp3) is 0.400. The Hall–Kier alpha value is -3.40. The summed E-state index contributed by atoms with van der Waals surface area (Å²) in [7, 11) is 0. The number of nitrogen functional groups attached to an aromatic ring is 1. The molecule has 0 fully saturated rings. The summed E-state index contributed by atoms with van der Waals surface area (Å²) in [6, 6.07) is 8.14. The molecule has 0 aliphatic carbocycles. The minimum Gasteiger partial charge on any atom is -0.384 e. The molecule has 3 rings (SSSR count). The molecule has 35 heavy (non-hydrogen) atoms. The summed E-state index contributed by atoms with van der Waals surface area (Å²) in [5, 5.41) is 9.12. The van der Waals surface area contributed by atoms with Gasteiger partial charge in [-0.05, 0) is 16.9 Å². The van der Waals surface area contributed by atoms with Gasteiger partial charge in [0.05, 0.1) is 5.75 Å². The monoisotopic (exact) mass is 496 g/mol. The zero-order chi connectivity index (χ0) is 25.9. The summed E-state index contributed by atoms with van der Waals surface area (Å²) in [6.45, 7) is 14.8. The lowest BCUT2D eigenvalue weighted by atomic mass is 9.87. The average Bonchev–Trinajstić information content (AvgIpc) is 3.17. The quantitative estimate of drug-likeness (QED) is 0.264. The fourth-order valence-electron chi connectivity index (χ4n) is 3.63. The molecular formula is C25H32N6O3S. The standard InChI is InChI=1S/C25H32N6O3S/c1-7-12-30-21(16-8-10-17(11-9-16)25(4,5)6)28-29-24(30)35-14-18(32)19-20(26)31(13-15(2)3)23(34)27-22(19)33/h7-11,15H,1,12-14,26H2,2-6H3,(H,27,33,34). The average molecular weight is 497 g/mol. The largest absolute Gasteiger partial charge is 0.384 e. The predicted molar refractivity (Wildman–Crippen MR) is 140 cm³/mol. The van der Waals surface area contributed by atoms with Crippen molar-refractivity contribution in [2.75, 3.05) is 11.5 Å². The van der Waals surface area contributed by atoms with Gasteiger partial charge in [-0.3, -0.25) is 23.7 Å². The first-order chi connectivity index (χ1) is 16.4. The number of benzene rings is 1. The van der Waals surface area contributed by atoms with Crippen LogP contribution in [0.25, 0.3) is 11.4 Å². The van der Waals surface area contributed by atoms with E-state index in [-0.39, 0.29) is 28.5 Å². The molecule has 3 aromatic rings. The van der Waals surface area contributed by atoms with Crippen LogP contribution < -0.4 is 17.0 Å². The number of aromatic amines is 1. The van der Waals surface area contributed by atoms with Gasteiger partial charge in [-0.1, -0.05) is 76.7 Å². The molecule has 186 valence electrons. The molecule has 1 aromatic carbocycles. The molecule has 0 amide bonds. The van der Waals surface area contributed by atoms with Crippen LogP contribution in [0.2, 0.25) is 0 Å². The summed E-state index contributed by atoms with van der Waals surface area (Å²) in [4.78, 5) is 39.7. The Kier molecular flexibility index (Phi) is 7.84. The predicted octanol–water partition coefficient (Wildman–Crippen LogP) is 3.49. The van der Waals surface area contributed by atoms with E-state index in [1.54, 1.807) is 6.08 Å². The van der Waals surface area contributed by atoms with Crippen molar-refractivity contribution >= 4 is 23.4 Å². The number of nitrogens with two attached hydrogens (primary N) is 1. The van der Waals surface area contributed by atoms with Gasteiger partial charge in [0.2, 0.25) is 0 Å². The smallest absolute Gasteiger partial charge is 0.329 e. The van der Waals surface area contributed by atoms with Crippen LogP contribution in [0.4, 0.5) is 5.82 Å². The lowest BCUT2D eigenvalue weighted by molar-refractivity contribution is 0.102.